The molecular formula is C15H22N2O5. The minimum Gasteiger partial charge on any atom is -0.303 e. The van der Waals surface area contributed by atoms with E-state index in [1.54, 1.807) is 34.6 Å². The summed E-state index contributed by atoms with van der Waals surface area (Å²) in [6.07, 6.45) is 1.51. The summed E-state index contributed by atoms with van der Waals surface area (Å²) >= 11 is 0. The number of carbonyl (C=O) groups is 1. The van der Waals surface area contributed by atoms with E-state index in [4.69, 9.17) is 0 Å². The zero-order valence-electron chi connectivity index (χ0n) is 13.8. The fourth-order valence-electron chi connectivity index (χ4n) is 2.15. The van der Waals surface area contributed by atoms with Gasteiger partial charge in [0.15, 0.2) is 0 Å². The van der Waals surface area contributed by atoms with E-state index in [1.807, 2.05) is 6.92 Å². The Balaban J connectivity index is 0.000000980. The van der Waals surface area contributed by atoms with Gasteiger partial charge in [-0.3, -0.25) is 20.2 Å². The van der Waals surface area contributed by atoms with Crippen LogP contribution in [0.1, 0.15) is 50.8 Å². The molecule has 7 nitrogen and oxygen atoms in total. The largest absolute Gasteiger partial charge is 0.303 e. The molecule has 0 radical (unpaired) electrons. The topological polar surface area (TPSA) is 103 Å². The van der Waals surface area contributed by atoms with Crippen molar-refractivity contribution in [1.29, 1.82) is 0 Å². The van der Waals surface area contributed by atoms with E-state index in [-0.39, 0.29) is 16.9 Å². The maximum Gasteiger partial charge on any atom is 0.282 e. The van der Waals surface area contributed by atoms with Gasteiger partial charge in [0.25, 0.3) is 11.4 Å². The van der Waals surface area contributed by atoms with E-state index in [1.165, 1.54) is 6.07 Å². The number of nitrogens with zero attached hydrogens (tertiary/aromatic N) is 2. The fourth-order valence-corrected chi connectivity index (χ4v) is 2.15. The third-order valence-corrected chi connectivity index (χ3v) is 2.94. The number of hydrogen-bond acceptors (Lipinski definition) is 5. The quantitative estimate of drug-likeness (QED) is 0.476. The molecule has 0 aliphatic rings. The van der Waals surface area contributed by atoms with Gasteiger partial charge in [-0.05, 0) is 19.9 Å². The molecule has 0 fully saturated rings. The third kappa shape index (κ3) is 4.61. The average Bonchev–Trinajstić information content (AvgIpc) is 2.35. The standard InChI is InChI=1S/C12H16N2O4.C3H6O/c1-7-6-8(2)11(14(17)18)9(12(3,4)5)10(7)13(15)16;1-2-3-4/h6H,1-5H3;3H,2H2,1H3. The first kappa shape index (κ1) is 19.7. The van der Waals surface area contributed by atoms with Crippen LogP contribution in [-0.4, -0.2) is 16.1 Å². The van der Waals surface area contributed by atoms with Crippen molar-refractivity contribution < 1.29 is 14.6 Å². The maximum absolute atomic E-state index is 11.2. The molecule has 122 valence electrons. The molecule has 0 atom stereocenters. The summed E-state index contributed by atoms with van der Waals surface area (Å²) in [6.45, 7) is 10.2. The lowest BCUT2D eigenvalue weighted by atomic mass is 9.82. The Morgan fingerprint density at radius 1 is 1.05 bits per heavy atom. The van der Waals surface area contributed by atoms with Crippen molar-refractivity contribution in [3.05, 3.63) is 43.0 Å². The van der Waals surface area contributed by atoms with Crippen LogP contribution in [0.4, 0.5) is 11.4 Å². The Kier molecular flexibility index (Phi) is 6.83. The van der Waals surface area contributed by atoms with E-state index in [2.05, 4.69) is 0 Å². The van der Waals surface area contributed by atoms with Crippen molar-refractivity contribution in [2.24, 2.45) is 0 Å². The van der Waals surface area contributed by atoms with E-state index in [0.29, 0.717) is 17.5 Å². The molecule has 1 aromatic carbocycles. The predicted octanol–water partition coefficient (Wildman–Crippen LogP) is 4.01. The van der Waals surface area contributed by atoms with Crippen LogP contribution in [0.25, 0.3) is 0 Å². The number of hydrogen-bond donors (Lipinski definition) is 0. The SMILES string of the molecule is CCC=O.Cc1cc(C)c([N+](=O)[O-])c(C(C)(C)C)c1[N+](=O)[O-]. The summed E-state index contributed by atoms with van der Waals surface area (Å²) < 4.78 is 0. The monoisotopic (exact) mass is 310 g/mol. The highest BCUT2D eigenvalue weighted by Gasteiger charge is 2.36. The molecule has 1 rings (SSSR count). The van der Waals surface area contributed by atoms with E-state index in [0.717, 1.165) is 6.29 Å². The minimum atomic E-state index is -0.665. The molecule has 1 aromatic rings. The Hall–Kier alpha value is -2.31. The van der Waals surface area contributed by atoms with Gasteiger partial charge < -0.3 is 4.79 Å². The summed E-state index contributed by atoms with van der Waals surface area (Å²) in [5.41, 5.74) is 0.123. The molecule has 0 aliphatic heterocycles. The molecular weight excluding hydrogens is 288 g/mol. The summed E-state index contributed by atoms with van der Waals surface area (Å²) in [5.74, 6) is 0. The smallest absolute Gasteiger partial charge is 0.282 e. The van der Waals surface area contributed by atoms with Gasteiger partial charge in [0, 0.05) is 23.0 Å². The first-order valence-corrected chi connectivity index (χ1v) is 6.86. The van der Waals surface area contributed by atoms with Gasteiger partial charge in [0.05, 0.1) is 9.85 Å². The number of rotatable bonds is 3. The number of benzene rings is 1. The van der Waals surface area contributed by atoms with E-state index < -0.39 is 15.3 Å². The summed E-state index contributed by atoms with van der Waals surface area (Å²) in [6, 6.07) is 1.49. The summed E-state index contributed by atoms with van der Waals surface area (Å²) in [5, 5.41) is 22.3. The molecule has 22 heavy (non-hydrogen) atoms. The second-order valence-electron chi connectivity index (χ2n) is 5.92. The fraction of sp³-hybridized carbons (Fsp3) is 0.533. The van der Waals surface area contributed by atoms with Crippen molar-refractivity contribution in [2.45, 2.75) is 53.4 Å². The van der Waals surface area contributed by atoms with Gasteiger partial charge in [-0.25, -0.2) is 0 Å². The van der Waals surface area contributed by atoms with Crippen molar-refractivity contribution in [1.82, 2.24) is 0 Å². The average molecular weight is 310 g/mol. The number of aldehydes is 1. The second-order valence-corrected chi connectivity index (χ2v) is 5.92. The van der Waals surface area contributed by atoms with Crippen LogP contribution in [0.5, 0.6) is 0 Å². The lowest BCUT2D eigenvalue weighted by Gasteiger charge is -2.20. The zero-order chi connectivity index (χ0) is 17.7. The van der Waals surface area contributed by atoms with Crippen LogP contribution in [0.3, 0.4) is 0 Å². The Morgan fingerprint density at radius 3 is 1.55 bits per heavy atom. The summed E-state index contributed by atoms with van der Waals surface area (Å²) in [7, 11) is 0. The van der Waals surface area contributed by atoms with Gasteiger partial charge in [-0.1, -0.05) is 27.7 Å². The number of nitro groups is 2. The van der Waals surface area contributed by atoms with Crippen molar-refractivity contribution in [3.8, 4) is 0 Å². The number of carbonyl (C=O) groups excluding carboxylic acids is 1. The van der Waals surface area contributed by atoms with Crippen molar-refractivity contribution in [2.75, 3.05) is 0 Å². The van der Waals surface area contributed by atoms with Crippen LogP contribution in [0, 0.1) is 34.1 Å². The van der Waals surface area contributed by atoms with Gasteiger partial charge in [0.2, 0.25) is 0 Å². The Bertz CT molecular complexity index is 550. The lowest BCUT2D eigenvalue weighted by molar-refractivity contribution is -0.396. The van der Waals surface area contributed by atoms with E-state index in [9.17, 15) is 25.0 Å². The molecule has 0 aliphatic carbocycles. The van der Waals surface area contributed by atoms with Gasteiger partial charge in [0.1, 0.15) is 11.8 Å². The van der Waals surface area contributed by atoms with Crippen molar-refractivity contribution in [3.63, 3.8) is 0 Å². The molecule has 7 heteroatoms. The molecule has 0 unspecified atom stereocenters. The molecule has 0 aromatic heterocycles. The molecule has 0 saturated carbocycles. The normalized spacial score (nSPS) is 10.5. The molecule has 0 N–H and O–H groups in total. The first-order valence-electron chi connectivity index (χ1n) is 6.86. The van der Waals surface area contributed by atoms with Crippen LogP contribution in [-0.2, 0) is 10.2 Å². The van der Waals surface area contributed by atoms with Crippen LogP contribution in [0.15, 0.2) is 6.07 Å². The maximum atomic E-state index is 11.2. The predicted molar refractivity (Wildman–Crippen MR) is 84.3 cm³/mol. The van der Waals surface area contributed by atoms with Crippen LogP contribution in [0.2, 0.25) is 0 Å². The third-order valence-electron chi connectivity index (χ3n) is 2.94. The highest BCUT2D eigenvalue weighted by Crippen LogP contribution is 2.42. The summed E-state index contributed by atoms with van der Waals surface area (Å²) in [4.78, 5) is 30.4. The van der Waals surface area contributed by atoms with E-state index >= 15 is 0 Å². The minimum absolute atomic E-state index is 0.153. The first-order chi connectivity index (χ1) is 9.98. The van der Waals surface area contributed by atoms with Gasteiger partial charge in [-0.15, -0.1) is 0 Å². The number of aryl methyl sites for hydroxylation is 2. The molecule has 0 spiro atoms. The van der Waals surface area contributed by atoms with Crippen molar-refractivity contribution >= 4 is 17.7 Å². The highest BCUT2D eigenvalue weighted by molar-refractivity contribution is 5.64. The van der Waals surface area contributed by atoms with Crippen LogP contribution >= 0.6 is 0 Å². The zero-order valence-corrected chi connectivity index (χ0v) is 13.8. The highest BCUT2D eigenvalue weighted by atomic mass is 16.6. The lowest BCUT2D eigenvalue weighted by Crippen LogP contribution is -2.18. The van der Waals surface area contributed by atoms with Gasteiger partial charge in [-0.2, -0.15) is 0 Å². The molecule has 0 amide bonds. The molecule has 0 heterocycles. The second kappa shape index (κ2) is 7.63. The Labute approximate surface area is 129 Å². The van der Waals surface area contributed by atoms with Gasteiger partial charge >= 0.3 is 0 Å². The molecule has 0 bridgehead atoms. The van der Waals surface area contributed by atoms with Crippen LogP contribution < -0.4 is 0 Å². The molecule has 0 saturated heterocycles. The Morgan fingerprint density at radius 2 is 1.36 bits per heavy atom. The number of nitro benzene ring substituents is 2.